The van der Waals surface area contributed by atoms with E-state index in [2.05, 4.69) is 20.2 Å². The lowest BCUT2D eigenvalue weighted by Gasteiger charge is -2.18. The standard InChI is InChI=1S/C15H22N4O3S/c1-5-14-17-18-15(22-14)11(3)16-10(2)12-7-6-8-13(9-12)19-23(4,20)21/h6-11,16,19H,5H2,1-4H3. The Kier molecular flexibility index (Phi) is 5.38. The summed E-state index contributed by atoms with van der Waals surface area (Å²) in [5.74, 6) is 1.15. The molecule has 0 saturated carbocycles. The molecule has 2 rings (SSSR count). The molecule has 1 aromatic carbocycles. The van der Waals surface area contributed by atoms with Crippen molar-refractivity contribution in [3.8, 4) is 0 Å². The van der Waals surface area contributed by atoms with Crippen LogP contribution in [0, 0.1) is 0 Å². The molecule has 0 radical (unpaired) electrons. The Morgan fingerprint density at radius 3 is 2.57 bits per heavy atom. The molecule has 23 heavy (non-hydrogen) atoms. The summed E-state index contributed by atoms with van der Waals surface area (Å²) in [5, 5.41) is 11.4. The van der Waals surface area contributed by atoms with Crippen molar-refractivity contribution in [3.05, 3.63) is 41.6 Å². The van der Waals surface area contributed by atoms with Crippen molar-refractivity contribution < 1.29 is 12.8 Å². The summed E-state index contributed by atoms with van der Waals surface area (Å²) in [6.07, 6.45) is 1.83. The fourth-order valence-corrected chi connectivity index (χ4v) is 2.77. The Hall–Kier alpha value is -1.93. The zero-order valence-electron chi connectivity index (χ0n) is 13.7. The van der Waals surface area contributed by atoms with Crippen molar-refractivity contribution in [1.82, 2.24) is 15.5 Å². The highest BCUT2D eigenvalue weighted by atomic mass is 32.2. The van der Waals surface area contributed by atoms with Gasteiger partial charge < -0.3 is 4.42 Å². The molecule has 2 aromatic rings. The summed E-state index contributed by atoms with van der Waals surface area (Å²) in [4.78, 5) is 0. The van der Waals surface area contributed by atoms with E-state index in [1.165, 1.54) is 0 Å². The second-order valence-electron chi connectivity index (χ2n) is 5.50. The zero-order chi connectivity index (χ0) is 17.0. The first-order valence-electron chi connectivity index (χ1n) is 7.44. The van der Waals surface area contributed by atoms with E-state index >= 15 is 0 Å². The van der Waals surface area contributed by atoms with Crippen LogP contribution < -0.4 is 10.0 Å². The smallest absolute Gasteiger partial charge is 0.233 e. The molecule has 126 valence electrons. The van der Waals surface area contributed by atoms with Gasteiger partial charge in [0.1, 0.15) is 0 Å². The van der Waals surface area contributed by atoms with Crippen molar-refractivity contribution >= 4 is 15.7 Å². The Balaban J connectivity index is 2.07. The van der Waals surface area contributed by atoms with Gasteiger partial charge in [-0.1, -0.05) is 19.1 Å². The molecule has 0 aliphatic heterocycles. The number of hydrogen-bond donors (Lipinski definition) is 2. The molecule has 2 unspecified atom stereocenters. The van der Waals surface area contributed by atoms with Crippen LogP contribution in [0.4, 0.5) is 5.69 Å². The number of sulfonamides is 1. The van der Waals surface area contributed by atoms with Gasteiger partial charge in [0.2, 0.25) is 21.8 Å². The van der Waals surface area contributed by atoms with Crippen molar-refractivity contribution in [2.75, 3.05) is 11.0 Å². The minimum Gasteiger partial charge on any atom is -0.424 e. The molecule has 1 aromatic heterocycles. The minimum absolute atomic E-state index is 0.0108. The number of aromatic nitrogens is 2. The molecule has 8 heteroatoms. The Bertz CT molecular complexity index is 758. The maximum Gasteiger partial charge on any atom is 0.233 e. The van der Waals surface area contributed by atoms with Crippen molar-refractivity contribution in [2.24, 2.45) is 0 Å². The van der Waals surface area contributed by atoms with E-state index in [1.807, 2.05) is 32.9 Å². The number of benzene rings is 1. The second kappa shape index (κ2) is 7.10. The van der Waals surface area contributed by atoms with Crippen molar-refractivity contribution in [2.45, 2.75) is 39.3 Å². The number of hydrogen-bond acceptors (Lipinski definition) is 6. The quantitative estimate of drug-likeness (QED) is 0.804. The summed E-state index contributed by atoms with van der Waals surface area (Å²) >= 11 is 0. The van der Waals surface area contributed by atoms with Gasteiger partial charge in [-0.3, -0.25) is 10.0 Å². The predicted molar refractivity (Wildman–Crippen MR) is 88.6 cm³/mol. The van der Waals surface area contributed by atoms with Crippen LogP contribution in [0.1, 0.15) is 50.2 Å². The van der Waals surface area contributed by atoms with Gasteiger partial charge in [-0.05, 0) is 31.5 Å². The number of anilines is 1. The first-order chi connectivity index (χ1) is 10.8. The van der Waals surface area contributed by atoms with Crippen molar-refractivity contribution in [3.63, 3.8) is 0 Å². The summed E-state index contributed by atoms with van der Waals surface area (Å²) < 4.78 is 30.7. The average molecular weight is 338 g/mol. The number of nitrogens with zero attached hydrogens (tertiary/aromatic N) is 2. The average Bonchev–Trinajstić information content (AvgIpc) is 2.94. The van der Waals surface area contributed by atoms with Gasteiger partial charge in [0, 0.05) is 18.2 Å². The van der Waals surface area contributed by atoms with Crippen LogP contribution >= 0.6 is 0 Å². The molecule has 0 amide bonds. The third kappa shape index (κ3) is 5.04. The Morgan fingerprint density at radius 1 is 1.22 bits per heavy atom. The summed E-state index contributed by atoms with van der Waals surface area (Å²) in [6, 6.07) is 7.15. The molecule has 0 aliphatic carbocycles. The van der Waals surface area contributed by atoms with Crippen LogP contribution in [-0.2, 0) is 16.4 Å². The van der Waals surface area contributed by atoms with E-state index in [-0.39, 0.29) is 12.1 Å². The lowest BCUT2D eigenvalue weighted by molar-refractivity contribution is 0.374. The number of aryl methyl sites for hydroxylation is 1. The topological polar surface area (TPSA) is 97.1 Å². The molecule has 2 atom stereocenters. The predicted octanol–water partition coefficient (Wildman–Crippen LogP) is 2.42. The van der Waals surface area contributed by atoms with Crippen LogP contribution in [-0.4, -0.2) is 24.9 Å². The highest BCUT2D eigenvalue weighted by Crippen LogP contribution is 2.21. The molecule has 7 nitrogen and oxygen atoms in total. The number of rotatable bonds is 7. The highest BCUT2D eigenvalue weighted by molar-refractivity contribution is 7.92. The largest absolute Gasteiger partial charge is 0.424 e. The third-order valence-corrected chi connectivity index (χ3v) is 3.95. The van der Waals surface area contributed by atoms with Gasteiger partial charge >= 0.3 is 0 Å². The normalized spacial score (nSPS) is 14.4. The monoisotopic (exact) mass is 338 g/mol. The van der Waals surface area contributed by atoms with E-state index in [1.54, 1.807) is 12.1 Å². The maximum absolute atomic E-state index is 11.3. The zero-order valence-corrected chi connectivity index (χ0v) is 14.5. The van der Waals surface area contributed by atoms with Gasteiger partial charge in [0.25, 0.3) is 0 Å². The SMILES string of the molecule is CCc1nnc(C(C)NC(C)c2cccc(NS(C)(=O)=O)c2)o1. The molecular formula is C15H22N4O3S. The minimum atomic E-state index is -3.29. The first-order valence-corrected chi connectivity index (χ1v) is 9.33. The van der Waals surface area contributed by atoms with Crippen LogP contribution in [0.2, 0.25) is 0 Å². The number of nitrogens with one attached hydrogen (secondary N) is 2. The molecule has 0 saturated heterocycles. The van der Waals surface area contributed by atoms with E-state index < -0.39 is 10.0 Å². The van der Waals surface area contributed by atoms with Crippen LogP contribution in [0.25, 0.3) is 0 Å². The molecule has 0 fully saturated rings. The second-order valence-corrected chi connectivity index (χ2v) is 7.25. The van der Waals surface area contributed by atoms with Crippen LogP contribution in [0.15, 0.2) is 28.7 Å². The van der Waals surface area contributed by atoms with E-state index in [4.69, 9.17) is 4.42 Å². The molecule has 0 spiro atoms. The molecular weight excluding hydrogens is 316 g/mol. The summed E-state index contributed by atoms with van der Waals surface area (Å²) in [7, 11) is -3.29. The van der Waals surface area contributed by atoms with Crippen LogP contribution in [0.3, 0.4) is 0 Å². The van der Waals surface area contributed by atoms with E-state index in [0.29, 0.717) is 23.9 Å². The Morgan fingerprint density at radius 2 is 1.96 bits per heavy atom. The van der Waals surface area contributed by atoms with Gasteiger partial charge in [0.05, 0.1) is 12.3 Å². The fraction of sp³-hybridized carbons (Fsp3) is 0.467. The molecule has 2 N–H and O–H groups in total. The Labute approximate surface area is 136 Å². The van der Waals surface area contributed by atoms with Crippen LogP contribution in [0.5, 0.6) is 0 Å². The lowest BCUT2D eigenvalue weighted by Crippen LogP contribution is -2.23. The van der Waals surface area contributed by atoms with Gasteiger partial charge in [-0.25, -0.2) is 8.42 Å². The van der Waals surface area contributed by atoms with Crippen molar-refractivity contribution in [1.29, 1.82) is 0 Å². The van der Waals surface area contributed by atoms with E-state index in [9.17, 15) is 8.42 Å². The molecule has 0 aliphatic rings. The van der Waals surface area contributed by atoms with E-state index in [0.717, 1.165) is 11.8 Å². The highest BCUT2D eigenvalue weighted by Gasteiger charge is 2.17. The third-order valence-electron chi connectivity index (χ3n) is 3.35. The van der Waals surface area contributed by atoms with Gasteiger partial charge in [0.15, 0.2) is 0 Å². The first kappa shape index (κ1) is 17.4. The van der Waals surface area contributed by atoms with Gasteiger partial charge in [-0.2, -0.15) is 0 Å². The molecule has 0 bridgehead atoms. The molecule has 1 heterocycles. The van der Waals surface area contributed by atoms with Gasteiger partial charge in [-0.15, -0.1) is 10.2 Å². The fourth-order valence-electron chi connectivity index (χ4n) is 2.21. The lowest BCUT2D eigenvalue weighted by atomic mass is 10.1. The maximum atomic E-state index is 11.3. The summed E-state index contributed by atoms with van der Waals surface area (Å²) in [5.41, 5.74) is 1.50. The summed E-state index contributed by atoms with van der Waals surface area (Å²) in [6.45, 7) is 5.90.